The maximum atomic E-state index is 13.4. The Labute approximate surface area is 103 Å². The molecule has 2 N–H and O–H groups in total. The number of hydrogen-bond acceptors (Lipinski definition) is 2. The van der Waals surface area contributed by atoms with Crippen LogP contribution in [-0.2, 0) is 4.79 Å². The molecule has 0 spiro atoms. The molecule has 0 bridgehead atoms. The molecular weight excluding hydrogens is 275 g/mol. The van der Waals surface area contributed by atoms with Crippen molar-refractivity contribution < 1.29 is 9.18 Å². The van der Waals surface area contributed by atoms with E-state index in [4.69, 9.17) is 0 Å². The third-order valence-corrected chi connectivity index (χ3v) is 2.83. The number of nitrogens with one attached hydrogen (secondary N) is 2. The third-order valence-electron chi connectivity index (χ3n) is 2.17. The smallest absolute Gasteiger partial charge is 0.228 e. The molecule has 0 saturated carbocycles. The first-order valence-electron chi connectivity index (χ1n) is 4.95. The van der Waals surface area contributed by atoms with Crippen molar-refractivity contribution in [2.24, 2.45) is 5.92 Å². The monoisotopic (exact) mass is 288 g/mol. The van der Waals surface area contributed by atoms with E-state index in [1.54, 1.807) is 26.1 Å². The Kier molecular flexibility index (Phi) is 4.89. The Hall–Kier alpha value is -0.940. The molecule has 0 aromatic heterocycles. The number of carbonyl (C=O) groups excluding carboxylic acids is 1. The van der Waals surface area contributed by atoms with Crippen LogP contribution in [-0.4, -0.2) is 19.5 Å². The Morgan fingerprint density at radius 1 is 1.56 bits per heavy atom. The van der Waals surface area contributed by atoms with E-state index in [-0.39, 0.29) is 17.5 Å². The van der Waals surface area contributed by atoms with Crippen LogP contribution in [0, 0.1) is 11.7 Å². The summed E-state index contributed by atoms with van der Waals surface area (Å²) in [5, 5.41) is 5.46. The average molecular weight is 289 g/mol. The molecule has 0 radical (unpaired) electrons. The number of para-hydroxylation sites is 1. The van der Waals surface area contributed by atoms with Crippen molar-refractivity contribution in [2.75, 3.05) is 18.9 Å². The molecule has 5 heteroatoms. The lowest BCUT2D eigenvalue weighted by Crippen LogP contribution is -2.29. The fourth-order valence-corrected chi connectivity index (χ4v) is 1.70. The van der Waals surface area contributed by atoms with E-state index in [1.807, 2.05) is 0 Å². The first kappa shape index (κ1) is 13.1. The minimum Gasteiger partial charge on any atom is -0.322 e. The lowest BCUT2D eigenvalue weighted by Gasteiger charge is -2.13. The number of anilines is 1. The predicted molar refractivity (Wildman–Crippen MR) is 65.8 cm³/mol. The second-order valence-electron chi connectivity index (χ2n) is 3.54. The van der Waals surface area contributed by atoms with Gasteiger partial charge in [0.05, 0.1) is 5.69 Å². The fraction of sp³-hybridized carbons (Fsp3) is 0.364. The van der Waals surface area contributed by atoms with Crippen LogP contribution >= 0.6 is 15.9 Å². The molecule has 88 valence electrons. The predicted octanol–water partition coefficient (Wildman–Crippen LogP) is 2.38. The van der Waals surface area contributed by atoms with Gasteiger partial charge in [0.25, 0.3) is 0 Å². The average Bonchev–Trinajstić information content (AvgIpc) is 2.23. The van der Waals surface area contributed by atoms with Gasteiger partial charge in [-0.3, -0.25) is 4.79 Å². The van der Waals surface area contributed by atoms with E-state index in [9.17, 15) is 9.18 Å². The Morgan fingerprint density at radius 3 is 2.81 bits per heavy atom. The first-order chi connectivity index (χ1) is 7.56. The van der Waals surface area contributed by atoms with Crippen LogP contribution in [0.25, 0.3) is 0 Å². The minimum absolute atomic E-state index is 0.190. The maximum absolute atomic E-state index is 13.4. The number of halogens is 2. The molecule has 3 nitrogen and oxygen atoms in total. The molecule has 0 aliphatic carbocycles. The number of rotatable bonds is 4. The van der Waals surface area contributed by atoms with Crippen LogP contribution in [0.5, 0.6) is 0 Å². The normalized spacial score (nSPS) is 12.2. The van der Waals surface area contributed by atoms with Crippen molar-refractivity contribution in [2.45, 2.75) is 6.92 Å². The van der Waals surface area contributed by atoms with Crippen LogP contribution in [0.15, 0.2) is 22.7 Å². The zero-order valence-corrected chi connectivity index (χ0v) is 10.8. The SMILES string of the molecule is CNCC(C)C(=O)Nc1c(F)cccc1Br. The van der Waals surface area contributed by atoms with Gasteiger partial charge in [-0.15, -0.1) is 0 Å². The summed E-state index contributed by atoms with van der Waals surface area (Å²) >= 11 is 3.19. The number of benzene rings is 1. The highest BCUT2D eigenvalue weighted by Crippen LogP contribution is 2.25. The van der Waals surface area contributed by atoms with Gasteiger partial charge in [0, 0.05) is 16.9 Å². The van der Waals surface area contributed by atoms with Gasteiger partial charge in [0.15, 0.2) is 0 Å². The molecule has 1 unspecified atom stereocenters. The second kappa shape index (κ2) is 5.96. The van der Waals surface area contributed by atoms with Crippen LogP contribution in [0.2, 0.25) is 0 Å². The van der Waals surface area contributed by atoms with E-state index in [2.05, 4.69) is 26.6 Å². The quantitative estimate of drug-likeness (QED) is 0.893. The Balaban J connectivity index is 2.77. The van der Waals surface area contributed by atoms with Crippen molar-refractivity contribution in [3.05, 3.63) is 28.5 Å². The highest BCUT2D eigenvalue weighted by Gasteiger charge is 2.15. The van der Waals surface area contributed by atoms with Crippen molar-refractivity contribution in [1.29, 1.82) is 0 Å². The highest BCUT2D eigenvalue weighted by atomic mass is 79.9. The molecular formula is C11H14BrFN2O. The van der Waals surface area contributed by atoms with Gasteiger partial charge in [0.2, 0.25) is 5.91 Å². The van der Waals surface area contributed by atoms with Gasteiger partial charge < -0.3 is 10.6 Å². The largest absolute Gasteiger partial charge is 0.322 e. The molecule has 1 rings (SSSR count). The second-order valence-corrected chi connectivity index (χ2v) is 4.40. The first-order valence-corrected chi connectivity index (χ1v) is 5.75. The fourth-order valence-electron chi connectivity index (χ4n) is 1.26. The summed E-state index contributed by atoms with van der Waals surface area (Å²) in [6.07, 6.45) is 0. The van der Waals surface area contributed by atoms with E-state index in [1.165, 1.54) is 6.07 Å². The Morgan fingerprint density at radius 2 is 2.25 bits per heavy atom. The number of amides is 1. The van der Waals surface area contributed by atoms with Crippen LogP contribution in [0.3, 0.4) is 0 Å². The summed E-state index contributed by atoms with van der Waals surface area (Å²) in [7, 11) is 1.77. The highest BCUT2D eigenvalue weighted by molar-refractivity contribution is 9.10. The van der Waals surface area contributed by atoms with Crippen LogP contribution in [0.4, 0.5) is 10.1 Å². The Bertz CT molecular complexity index is 364. The molecule has 0 heterocycles. The van der Waals surface area contributed by atoms with Crippen LogP contribution < -0.4 is 10.6 Å². The van der Waals surface area contributed by atoms with Gasteiger partial charge in [-0.25, -0.2) is 4.39 Å². The van der Waals surface area contributed by atoms with E-state index >= 15 is 0 Å². The minimum atomic E-state index is -0.445. The lowest BCUT2D eigenvalue weighted by molar-refractivity contribution is -0.119. The summed E-state index contributed by atoms with van der Waals surface area (Å²) in [6, 6.07) is 4.57. The van der Waals surface area contributed by atoms with Gasteiger partial charge in [-0.1, -0.05) is 13.0 Å². The van der Waals surface area contributed by atoms with E-state index < -0.39 is 5.82 Å². The molecule has 0 aliphatic rings. The summed E-state index contributed by atoms with van der Waals surface area (Å²) in [5.74, 6) is -0.865. The van der Waals surface area contributed by atoms with E-state index in [0.717, 1.165) is 0 Å². The molecule has 1 aromatic rings. The molecule has 1 aromatic carbocycles. The molecule has 0 aliphatic heterocycles. The standard InChI is InChI=1S/C11H14BrFN2O/c1-7(6-14-2)11(16)15-10-8(12)4-3-5-9(10)13/h3-5,7,14H,6H2,1-2H3,(H,15,16). The van der Waals surface area contributed by atoms with E-state index in [0.29, 0.717) is 11.0 Å². The maximum Gasteiger partial charge on any atom is 0.228 e. The summed E-state index contributed by atoms with van der Waals surface area (Å²) < 4.78 is 13.9. The zero-order chi connectivity index (χ0) is 12.1. The molecule has 0 saturated heterocycles. The summed E-state index contributed by atoms with van der Waals surface area (Å²) in [6.45, 7) is 2.33. The van der Waals surface area contributed by atoms with Gasteiger partial charge in [-0.05, 0) is 35.1 Å². The van der Waals surface area contributed by atoms with Gasteiger partial charge in [-0.2, -0.15) is 0 Å². The third kappa shape index (κ3) is 3.28. The van der Waals surface area contributed by atoms with Crippen LogP contribution in [0.1, 0.15) is 6.92 Å². The zero-order valence-electron chi connectivity index (χ0n) is 9.18. The molecule has 0 fully saturated rings. The summed E-state index contributed by atoms with van der Waals surface area (Å²) in [5.41, 5.74) is 0.190. The molecule has 1 amide bonds. The van der Waals surface area contributed by atoms with Crippen molar-refractivity contribution in [1.82, 2.24) is 5.32 Å². The van der Waals surface area contributed by atoms with Gasteiger partial charge >= 0.3 is 0 Å². The van der Waals surface area contributed by atoms with Crippen molar-refractivity contribution >= 4 is 27.5 Å². The van der Waals surface area contributed by atoms with Crippen molar-refractivity contribution in [3.8, 4) is 0 Å². The number of hydrogen-bond donors (Lipinski definition) is 2. The van der Waals surface area contributed by atoms with Gasteiger partial charge in [0.1, 0.15) is 5.82 Å². The lowest BCUT2D eigenvalue weighted by atomic mass is 10.1. The van der Waals surface area contributed by atoms with Crippen molar-refractivity contribution in [3.63, 3.8) is 0 Å². The molecule has 16 heavy (non-hydrogen) atoms. The number of carbonyl (C=O) groups is 1. The topological polar surface area (TPSA) is 41.1 Å². The molecule has 1 atom stereocenters. The summed E-state index contributed by atoms with van der Waals surface area (Å²) in [4.78, 5) is 11.7.